The number of ether oxygens (including phenoxy) is 3. The van der Waals surface area contributed by atoms with Crippen molar-refractivity contribution in [1.82, 2.24) is 5.32 Å². The smallest absolute Gasteiger partial charge is 0.352 e. The van der Waals surface area contributed by atoms with E-state index in [-0.39, 0.29) is 18.9 Å². The zero-order chi connectivity index (χ0) is 23.6. The van der Waals surface area contributed by atoms with Crippen LogP contribution < -0.4 is 15.8 Å². The third-order valence-electron chi connectivity index (χ3n) is 4.35. The lowest BCUT2D eigenvalue weighted by molar-refractivity contribution is -0.177. The van der Waals surface area contributed by atoms with Crippen molar-refractivity contribution in [3.05, 3.63) is 64.7 Å². The van der Waals surface area contributed by atoms with Gasteiger partial charge in [-0.25, -0.2) is 4.79 Å². The second-order valence-electron chi connectivity index (χ2n) is 7.37. The minimum absolute atomic E-state index is 0.0502. The average Bonchev–Trinajstić information content (AvgIpc) is 2.75. The van der Waals surface area contributed by atoms with Gasteiger partial charge in [0.1, 0.15) is 5.75 Å². The molecule has 2 rings (SSSR count). The lowest BCUT2D eigenvalue weighted by Crippen LogP contribution is -2.40. The summed E-state index contributed by atoms with van der Waals surface area (Å²) in [4.78, 5) is 35.6. The number of hydrogen-bond acceptors (Lipinski definition) is 7. The molecular formula is C23H27ClN2O6. The van der Waals surface area contributed by atoms with Crippen LogP contribution >= 0.6 is 11.6 Å². The topological polar surface area (TPSA) is 117 Å². The molecule has 2 aromatic rings. The van der Waals surface area contributed by atoms with Crippen molar-refractivity contribution >= 4 is 29.4 Å². The molecule has 1 amide bonds. The maximum absolute atomic E-state index is 12.2. The van der Waals surface area contributed by atoms with E-state index in [0.29, 0.717) is 29.3 Å². The predicted octanol–water partition coefficient (Wildman–Crippen LogP) is 2.86. The molecule has 3 N–H and O–H groups in total. The van der Waals surface area contributed by atoms with Crippen LogP contribution in [0.2, 0.25) is 5.02 Å². The lowest BCUT2D eigenvalue weighted by Gasteiger charge is -2.24. The Balaban J connectivity index is 1.78. The molecule has 172 valence electrons. The summed E-state index contributed by atoms with van der Waals surface area (Å²) in [5.74, 6) is -0.914. The molecule has 0 aromatic heterocycles. The highest BCUT2D eigenvalue weighted by Gasteiger charge is 2.32. The number of nitrogens with one attached hydrogen (secondary N) is 1. The molecule has 0 aliphatic carbocycles. The Morgan fingerprint density at radius 3 is 2.28 bits per heavy atom. The summed E-state index contributed by atoms with van der Waals surface area (Å²) in [6.07, 6.45) is 0.674. The molecule has 8 nitrogen and oxygen atoms in total. The van der Waals surface area contributed by atoms with Gasteiger partial charge in [-0.05, 0) is 62.2 Å². The predicted molar refractivity (Wildman–Crippen MR) is 119 cm³/mol. The van der Waals surface area contributed by atoms with Crippen LogP contribution in [0.4, 0.5) is 0 Å². The number of halogens is 1. The van der Waals surface area contributed by atoms with Crippen molar-refractivity contribution in [2.75, 3.05) is 19.9 Å². The van der Waals surface area contributed by atoms with Crippen LogP contribution in [-0.4, -0.2) is 43.3 Å². The molecular weight excluding hydrogens is 436 g/mol. The normalized spacial score (nSPS) is 10.9. The van der Waals surface area contributed by atoms with E-state index >= 15 is 0 Å². The summed E-state index contributed by atoms with van der Waals surface area (Å²) in [6.45, 7) is 3.23. The minimum atomic E-state index is -1.28. The fourth-order valence-electron chi connectivity index (χ4n) is 2.60. The molecule has 0 aliphatic rings. The Morgan fingerprint density at radius 2 is 1.66 bits per heavy atom. The Bertz CT molecular complexity index is 913. The molecule has 0 radical (unpaired) electrons. The Hall–Kier alpha value is -3.10. The highest BCUT2D eigenvalue weighted by Crippen LogP contribution is 2.20. The second kappa shape index (κ2) is 12.1. The van der Waals surface area contributed by atoms with Gasteiger partial charge in [0.2, 0.25) is 6.79 Å². The van der Waals surface area contributed by atoms with Gasteiger partial charge in [0, 0.05) is 23.7 Å². The standard InChI is InChI=1S/C23H27ClN2O6/c1-23(2,22(29)31-15-30-20(27)11-13-25)32-19-9-3-16(4-10-19)12-14-26-21(28)17-5-7-18(24)8-6-17/h3-10H,11-15,25H2,1-2H3,(H,26,28). The zero-order valence-electron chi connectivity index (χ0n) is 18.1. The second-order valence-corrected chi connectivity index (χ2v) is 7.81. The van der Waals surface area contributed by atoms with E-state index in [2.05, 4.69) is 5.32 Å². The molecule has 0 saturated carbocycles. The first-order valence-electron chi connectivity index (χ1n) is 10.1. The summed E-state index contributed by atoms with van der Waals surface area (Å²) >= 11 is 5.83. The Morgan fingerprint density at radius 1 is 1.00 bits per heavy atom. The fourth-order valence-corrected chi connectivity index (χ4v) is 2.72. The first-order valence-corrected chi connectivity index (χ1v) is 10.4. The number of benzene rings is 2. The molecule has 0 fully saturated rings. The number of nitrogens with two attached hydrogens (primary N) is 1. The van der Waals surface area contributed by atoms with E-state index in [1.54, 1.807) is 50.2 Å². The minimum Gasteiger partial charge on any atom is -0.476 e. The van der Waals surface area contributed by atoms with Crippen LogP contribution in [0.15, 0.2) is 48.5 Å². The van der Waals surface area contributed by atoms with Gasteiger partial charge in [-0.2, -0.15) is 0 Å². The number of rotatable bonds is 11. The van der Waals surface area contributed by atoms with Gasteiger partial charge in [-0.3, -0.25) is 9.59 Å². The molecule has 0 bridgehead atoms. The summed E-state index contributed by atoms with van der Waals surface area (Å²) in [7, 11) is 0. The first kappa shape index (κ1) is 25.2. The summed E-state index contributed by atoms with van der Waals surface area (Å²) in [5.41, 5.74) is 5.49. The number of esters is 2. The Kier molecular flexibility index (Phi) is 9.49. The molecule has 2 aromatic carbocycles. The quantitative estimate of drug-likeness (QED) is 0.389. The van der Waals surface area contributed by atoms with Gasteiger partial charge in [-0.1, -0.05) is 23.7 Å². The Labute approximate surface area is 192 Å². The highest BCUT2D eigenvalue weighted by atomic mass is 35.5. The highest BCUT2D eigenvalue weighted by molar-refractivity contribution is 6.30. The van der Waals surface area contributed by atoms with E-state index in [1.807, 2.05) is 12.1 Å². The fraction of sp³-hybridized carbons (Fsp3) is 0.348. The van der Waals surface area contributed by atoms with E-state index < -0.39 is 24.3 Å². The van der Waals surface area contributed by atoms with E-state index in [9.17, 15) is 14.4 Å². The third-order valence-corrected chi connectivity index (χ3v) is 4.60. The first-order chi connectivity index (χ1) is 15.2. The van der Waals surface area contributed by atoms with Crippen molar-refractivity contribution in [1.29, 1.82) is 0 Å². The van der Waals surface area contributed by atoms with E-state index in [4.69, 9.17) is 31.5 Å². The monoisotopic (exact) mass is 462 g/mol. The van der Waals surface area contributed by atoms with Crippen molar-refractivity contribution < 1.29 is 28.6 Å². The average molecular weight is 463 g/mol. The number of hydrogen-bond donors (Lipinski definition) is 2. The van der Waals surface area contributed by atoms with E-state index in [0.717, 1.165) is 5.56 Å². The van der Waals surface area contributed by atoms with Gasteiger partial charge in [0.15, 0.2) is 5.60 Å². The molecule has 0 saturated heterocycles. The molecule has 9 heteroatoms. The summed E-state index contributed by atoms with van der Waals surface area (Å²) < 4.78 is 15.4. The van der Waals surface area contributed by atoms with Gasteiger partial charge >= 0.3 is 11.9 Å². The SMILES string of the molecule is CC(C)(Oc1ccc(CCNC(=O)c2ccc(Cl)cc2)cc1)C(=O)OCOC(=O)CCN. The van der Waals surface area contributed by atoms with Gasteiger partial charge in [-0.15, -0.1) is 0 Å². The summed E-state index contributed by atoms with van der Waals surface area (Å²) in [5, 5.41) is 3.43. The van der Waals surface area contributed by atoms with Crippen LogP contribution in [0, 0.1) is 0 Å². The van der Waals surface area contributed by atoms with Gasteiger partial charge < -0.3 is 25.3 Å². The molecule has 0 aliphatic heterocycles. The van der Waals surface area contributed by atoms with Crippen LogP contribution in [0.3, 0.4) is 0 Å². The maximum Gasteiger partial charge on any atom is 0.352 e. The van der Waals surface area contributed by atoms with Crippen molar-refractivity contribution in [2.24, 2.45) is 5.73 Å². The third kappa shape index (κ3) is 8.20. The van der Waals surface area contributed by atoms with Crippen LogP contribution in [-0.2, 0) is 25.5 Å². The van der Waals surface area contributed by atoms with Gasteiger partial charge in [0.05, 0.1) is 6.42 Å². The van der Waals surface area contributed by atoms with Crippen molar-refractivity contribution in [3.8, 4) is 5.75 Å². The molecule has 32 heavy (non-hydrogen) atoms. The lowest BCUT2D eigenvalue weighted by atomic mass is 10.1. The van der Waals surface area contributed by atoms with Crippen molar-refractivity contribution in [3.63, 3.8) is 0 Å². The summed E-state index contributed by atoms with van der Waals surface area (Å²) in [6, 6.07) is 13.8. The van der Waals surface area contributed by atoms with E-state index in [1.165, 1.54) is 0 Å². The zero-order valence-corrected chi connectivity index (χ0v) is 18.8. The van der Waals surface area contributed by atoms with Crippen LogP contribution in [0.5, 0.6) is 5.75 Å². The number of carbonyl (C=O) groups excluding carboxylic acids is 3. The molecule has 0 heterocycles. The number of amides is 1. The largest absolute Gasteiger partial charge is 0.476 e. The van der Waals surface area contributed by atoms with Crippen molar-refractivity contribution in [2.45, 2.75) is 32.3 Å². The van der Waals surface area contributed by atoms with Crippen LogP contribution in [0.25, 0.3) is 0 Å². The van der Waals surface area contributed by atoms with Crippen LogP contribution in [0.1, 0.15) is 36.2 Å². The molecule has 0 atom stereocenters. The molecule has 0 unspecified atom stereocenters. The number of carbonyl (C=O) groups is 3. The molecule has 0 spiro atoms. The maximum atomic E-state index is 12.2. The van der Waals surface area contributed by atoms with Gasteiger partial charge in [0.25, 0.3) is 5.91 Å².